The zero-order valence-electron chi connectivity index (χ0n) is 11.0. The third kappa shape index (κ3) is 2.89. The molecule has 0 aliphatic rings. The van der Waals surface area contributed by atoms with Crippen LogP contribution in [0.25, 0.3) is 0 Å². The van der Waals surface area contributed by atoms with E-state index in [1.165, 1.54) is 6.26 Å². The second-order valence-corrected chi connectivity index (χ2v) is 5.42. The highest BCUT2D eigenvalue weighted by molar-refractivity contribution is 9.10. The molecule has 6 heteroatoms. The Balaban J connectivity index is 2.21. The summed E-state index contributed by atoms with van der Waals surface area (Å²) in [4.78, 5) is 16.3. The first kappa shape index (κ1) is 13.9. The van der Waals surface area contributed by atoms with Crippen LogP contribution < -0.4 is 0 Å². The van der Waals surface area contributed by atoms with Gasteiger partial charge >= 0.3 is 5.97 Å². The lowest BCUT2D eigenvalue weighted by Crippen LogP contribution is -2.19. The fraction of sp³-hybridized carbons (Fsp3) is 0.385. The van der Waals surface area contributed by atoms with Gasteiger partial charge in [0, 0.05) is 19.4 Å². The van der Waals surface area contributed by atoms with Crippen LogP contribution in [-0.4, -0.2) is 15.5 Å². The van der Waals surface area contributed by atoms with Crippen molar-refractivity contribution in [3.05, 3.63) is 40.8 Å². The summed E-state index contributed by atoms with van der Waals surface area (Å²) >= 11 is 3.24. The third-order valence-electron chi connectivity index (χ3n) is 2.76. The standard InChI is InChI=1S/C13H15BrN2O3/c1-8(2)10(12-15-5-6-16(12)3)19-13(17)11-9(14)4-7-18-11/h4-8,10H,1-3H3. The number of rotatable bonds is 4. The van der Waals surface area contributed by atoms with Gasteiger partial charge in [0.2, 0.25) is 5.76 Å². The van der Waals surface area contributed by atoms with Gasteiger partial charge in [-0.3, -0.25) is 0 Å². The van der Waals surface area contributed by atoms with E-state index in [2.05, 4.69) is 20.9 Å². The number of carbonyl (C=O) groups is 1. The van der Waals surface area contributed by atoms with Crippen LogP contribution in [0, 0.1) is 5.92 Å². The molecule has 0 fully saturated rings. The van der Waals surface area contributed by atoms with Crippen molar-refractivity contribution < 1.29 is 13.9 Å². The highest BCUT2D eigenvalue weighted by atomic mass is 79.9. The Morgan fingerprint density at radius 2 is 2.26 bits per heavy atom. The number of nitrogens with zero attached hydrogens (tertiary/aromatic N) is 2. The number of hydrogen-bond acceptors (Lipinski definition) is 4. The van der Waals surface area contributed by atoms with Gasteiger partial charge in [-0.25, -0.2) is 9.78 Å². The molecule has 0 saturated heterocycles. The lowest BCUT2D eigenvalue weighted by molar-refractivity contribution is 0.0107. The molecule has 1 atom stereocenters. The normalized spacial score (nSPS) is 12.7. The number of aryl methyl sites for hydroxylation is 1. The summed E-state index contributed by atoms with van der Waals surface area (Å²) in [5, 5.41) is 0. The Morgan fingerprint density at radius 1 is 1.53 bits per heavy atom. The summed E-state index contributed by atoms with van der Waals surface area (Å²) in [6.45, 7) is 3.95. The van der Waals surface area contributed by atoms with Crippen molar-refractivity contribution in [2.45, 2.75) is 20.0 Å². The highest BCUT2D eigenvalue weighted by Gasteiger charge is 2.27. The van der Waals surface area contributed by atoms with Gasteiger partial charge in [-0.2, -0.15) is 0 Å². The zero-order chi connectivity index (χ0) is 14.0. The molecule has 1 unspecified atom stereocenters. The van der Waals surface area contributed by atoms with Crippen LogP contribution in [0.2, 0.25) is 0 Å². The Bertz CT molecular complexity index is 574. The second kappa shape index (κ2) is 5.61. The summed E-state index contributed by atoms with van der Waals surface area (Å²) in [7, 11) is 1.87. The molecule has 0 aliphatic heterocycles. The minimum absolute atomic E-state index is 0.110. The summed E-state index contributed by atoms with van der Waals surface area (Å²) in [5.41, 5.74) is 0. The van der Waals surface area contributed by atoms with E-state index in [1.807, 2.05) is 31.7 Å². The van der Waals surface area contributed by atoms with E-state index < -0.39 is 12.1 Å². The van der Waals surface area contributed by atoms with Crippen LogP contribution in [0.15, 0.2) is 33.6 Å². The summed E-state index contributed by atoms with van der Waals surface area (Å²) in [5.74, 6) is 0.489. The Kier molecular flexibility index (Phi) is 4.09. The molecule has 0 aliphatic carbocycles. The van der Waals surface area contributed by atoms with Crippen LogP contribution in [-0.2, 0) is 11.8 Å². The lowest BCUT2D eigenvalue weighted by Gasteiger charge is -2.20. The largest absolute Gasteiger partial charge is 0.456 e. The lowest BCUT2D eigenvalue weighted by atomic mass is 10.1. The fourth-order valence-electron chi connectivity index (χ4n) is 1.75. The number of hydrogen-bond donors (Lipinski definition) is 0. The van der Waals surface area contributed by atoms with Crippen LogP contribution >= 0.6 is 15.9 Å². The molecule has 2 aromatic rings. The number of halogens is 1. The van der Waals surface area contributed by atoms with Gasteiger partial charge in [0.05, 0.1) is 10.7 Å². The van der Waals surface area contributed by atoms with Gasteiger partial charge in [0.25, 0.3) is 0 Å². The van der Waals surface area contributed by atoms with Crippen molar-refractivity contribution >= 4 is 21.9 Å². The summed E-state index contributed by atoms with van der Waals surface area (Å²) in [6, 6.07) is 1.65. The quantitative estimate of drug-likeness (QED) is 0.808. The van der Waals surface area contributed by atoms with Crippen LogP contribution in [0.5, 0.6) is 0 Å². The minimum Gasteiger partial charge on any atom is -0.456 e. The van der Waals surface area contributed by atoms with Crippen molar-refractivity contribution in [3.63, 3.8) is 0 Å². The molecule has 2 rings (SSSR count). The van der Waals surface area contributed by atoms with Gasteiger partial charge in [-0.1, -0.05) is 13.8 Å². The number of imidazole rings is 1. The number of carbonyl (C=O) groups excluding carboxylic acids is 1. The summed E-state index contributed by atoms with van der Waals surface area (Å²) < 4.78 is 13.0. The second-order valence-electron chi connectivity index (χ2n) is 4.56. The van der Waals surface area contributed by atoms with Gasteiger partial charge in [-0.15, -0.1) is 0 Å². The van der Waals surface area contributed by atoms with E-state index in [-0.39, 0.29) is 11.7 Å². The van der Waals surface area contributed by atoms with Crippen LogP contribution in [0.4, 0.5) is 0 Å². The van der Waals surface area contributed by atoms with Crippen molar-refractivity contribution in [1.29, 1.82) is 0 Å². The van der Waals surface area contributed by atoms with Crippen molar-refractivity contribution in [2.75, 3.05) is 0 Å². The number of esters is 1. The molecule has 0 aromatic carbocycles. The first-order valence-corrected chi connectivity index (χ1v) is 6.71. The molecule has 0 radical (unpaired) electrons. The third-order valence-corrected chi connectivity index (χ3v) is 3.38. The maximum atomic E-state index is 12.1. The van der Waals surface area contributed by atoms with E-state index in [0.717, 1.165) is 0 Å². The molecule has 5 nitrogen and oxygen atoms in total. The van der Waals surface area contributed by atoms with E-state index in [0.29, 0.717) is 10.3 Å². The first-order valence-electron chi connectivity index (χ1n) is 5.92. The van der Waals surface area contributed by atoms with Gasteiger partial charge in [0.1, 0.15) is 5.82 Å². The molecule has 2 aromatic heterocycles. The minimum atomic E-state index is -0.501. The fourth-order valence-corrected chi connectivity index (χ4v) is 2.11. The van der Waals surface area contributed by atoms with Gasteiger partial charge in [-0.05, 0) is 27.9 Å². The molecule has 102 valence electrons. The summed E-state index contributed by atoms with van der Waals surface area (Å²) in [6.07, 6.45) is 4.53. The number of aromatic nitrogens is 2. The molecular formula is C13H15BrN2O3. The Labute approximate surface area is 119 Å². The first-order chi connectivity index (χ1) is 9.00. The molecule has 0 saturated carbocycles. The SMILES string of the molecule is CC(C)C(OC(=O)c1occc1Br)c1nccn1C. The van der Waals surface area contributed by atoms with Crippen molar-refractivity contribution in [1.82, 2.24) is 9.55 Å². The zero-order valence-corrected chi connectivity index (χ0v) is 12.5. The monoisotopic (exact) mass is 326 g/mol. The maximum Gasteiger partial charge on any atom is 0.376 e. The van der Waals surface area contributed by atoms with Crippen molar-refractivity contribution in [3.8, 4) is 0 Å². The maximum absolute atomic E-state index is 12.1. The van der Waals surface area contributed by atoms with E-state index in [1.54, 1.807) is 12.3 Å². The molecule has 0 bridgehead atoms. The van der Waals surface area contributed by atoms with E-state index >= 15 is 0 Å². The molecule has 0 amide bonds. The molecule has 19 heavy (non-hydrogen) atoms. The van der Waals surface area contributed by atoms with Crippen LogP contribution in [0.3, 0.4) is 0 Å². The van der Waals surface area contributed by atoms with Crippen LogP contribution in [0.1, 0.15) is 36.3 Å². The average Bonchev–Trinajstić information content (AvgIpc) is 2.94. The highest BCUT2D eigenvalue weighted by Crippen LogP contribution is 2.27. The molecule has 0 spiro atoms. The van der Waals surface area contributed by atoms with Gasteiger partial charge < -0.3 is 13.7 Å². The number of ether oxygens (including phenoxy) is 1. The smallest absolute Gasteiger partial charge is 0.376 e. The van der Waals surface area contributed by atoms with E-state index in [4.69, 9.17) is 9.15 Å². The predicted octanol–water partition coefficient (Wildman–Crippen LogP) is 3.33. The topological polar surface area (TPSA) is 57.3 Å². The van der Waals surface area contributed by atoms with Gasteiger partial charge in [0.15, 0.2) is 6.10 Å². The average molecular weight is 327 g/mol. The predicted molar refractivity (Wildman–Crippen MR) is 72.6 cm³/mol. The Hall–Kier alpha value is -1.56. The molecular weight excluding hydrogens is 312 g/mol. The number of furan rings is 1. The Morgan fingerprint density at radius 3 is 2.74 bits per heavy atom. The van der Waals surface area contributed by atoms with Crippen molar-refractivity contribution in [2.24, 2.45) is 13.0 Å². The molecule has 2 heterocycles. The molecule has 0 N–H and O–H groups in total. The van der Waals surface area contributed by atoms with E-state index in [9.17, 15) is 4.79 Å².